The molecule has 0 radical (unpaired) electrons. The molecule has 0 saturated heterocycles. The smallest absolute Gasteiger partial charge is 0.144 e. The van der Waals surface area contributed by atoms with Crippen LogP contribution in [0.5, 0.6) is 0 Å². The van der Waals surface area contributed by atoms with Gasteiger partial charge in [0.15, 0.2) is 0 Å². The van der Waals surface area contributed by atoms with Gasteiger partial charge < -0.3 is 0 Å². The Morgan fingerprint density at radius 2 is 1.38 bits per heavy atom. The van der Waals surface area contributed by atoms with E-state index in [1.165, 1.54) is 32.6 Å². The minimum atomic E-state index is 1.02. The number of hydrogen-bond acceptors (Lipinski definition) is 1. The minimum absolute atomic E-state index is 1.02. The summed E-state index contributed by atoms with van der Waals surface area (Å²) in [6.07, 6.45) is 1.86. The quantitative estimate of drug-likeness (QED) is 0.369. The first kappa shape index (κ1) is 10.9. The zero-order valence-electron chi connectivity index (χ0n) is 11.3. The molecule has 0 spiro atoms. The number of nitrogens with zero attached hydrogens (tertiary/aromatic N) is 2. The van der Waals surface area contributed by atoms with Gasteiger partial charge in [-0.3, -0.25) is 4.40 Å². The zero-order valence-corrected chi connectivity index (χ0v) is 11.3. The van der Waals surface area contributed by atoms with Crippen molar-refractivity contribution in [2.45, 2.75) is 0 Å². The Balaban J connectivity index is 2.25. The van der Waals surface area contributed by atoms with Gasteiger partial charge in [0.05, 0.1) is 11.0 Å². The molecule has 5 rings (SSSR count). The summed E-state index contributed by atoms with van der Waals surface area (Å²) in [5, 5.41) is 5.01. The van der Waals surface area contributed by atoms with Crippen LogP contribution < -0.4 is 0 Å². The Hall–Kier alpha value is -2.87. The van der Waals surface area contributed by atoms with Gasteiger partial charge in [-0.15, -0.1) is 0 Å². The lowest BCUT2D eigenvalue weighted by Crippen LogP contribution is -1.91. The van der Waals surface area contributed by atoms with Crippen molar-refractivity contribution in [2.24, 2.45) is 0 Å². The van der Waals surface area contributed by atoms with Gasteiger partial charge in [0.25, 0.3) is 0 Å². The highest BCUT2D eigenvalue weighted by Crippen LogP contribution is 2.32. The number of hydrogen-bond donors (Lipinski definition) is 0. The molecule has 0 N–H and O–H groups in total. The minimum Gasteiger partial charge on any atom is -0.293 e. The second-order valence-electron chi connectivity index (χ2n) is 5.34. The molecule has 2 nitrogen and oxygen atoms in total. The number of benzene rings is 2. The van der Waals surface area contributed by atoms with Crippen molar-refractivity contribution in [2.75, 3.05) is 0 Å². The zero-order chi connectivity index (χ0) is 13.8. The topological polar surface area (TPSA) is 17.3 Å². The third kappa shape index (κ3) is 1.34. The van der Waals surface area contributed by atoms with E-state index in [9.17, 15) is 0 Å². The maximum absolute atomic E-state index is 4.59. The Morgan fingerprint density at radius 3 is 2.24 bits per heavy atom. The van der Waals surface area contributed by atoms with E-state index in [2.05, 4.69) is 70.0 Å². The SMILES string of the molecule is c1cnc2c(c1)cc1c3ccccc3c3ccccc3n12. The van der Waals surface area contributed by atoms with Crippen LogP contribution in [0.3, 0.4) is 0 Å². The van der Waals surface area contributed by atoms with E-state index in [-0.39, 0.29) is 0 Å². The van der Waals surface area contributed by atoms with Crippen LogP contribution >= 0.6 is 0 Å². The van der Waals surface area contributed by atoms with Crippen LogP contribution in [-0.2, 0) is 0 Å². The van der Waals surface area contributed by atoms with Gasteiger partial charge in [0.2, 0.25) is 0 Å². The Labute approximate surface area is 121 Å². The second kappa shape index (κ2) is 3.83. The van der Waals surface area contributed by atoms with Gasteiger partial charge in [-0.1, -0.05) is 42.5 Å². The van der Waals surface area contributed by atoms with Crippen LogP contribution in [0.15, 0.2) is 72.9 Å². The molecule has 0 atom stereocenters. The third-order valence-corrected chi connectivity index (χ3v) is 4.20. The molecule has 0 aliphatic heterocycles. The predicted molar refractivity (Wildman–Crippen MR) is 87.7 cm³/mol. The van der Waals surface area contributed by atoms with Gasteiger partial charge in [-0.2, -0.15) is 0 Å². The Morgan fingerprint density at radius 1 is 0.667 bits per heavy atom. The van der Waals surface area contributed by atoms with E-state index < -0.39 is 0 Å². The molecule has 0 bridgehead atoms. The monoisotopic (exact) mass is 268 g/mol. The predicted octanol–water partition coefficient (Wildman–Crippen LogP) is 4.79. The lowest BCUT2D eigenvalue weighted by Gasteiger charge is -2.09. The summed E-state index contributed by atoms with van der Waals surface area (Å²) in [4.78, 5) is 4.59. The molecule has 98 valence electrons. The molecule has 0 amide bonds. The summed E-state index contributed by atoms with van der Waals surface area (Å²) in [6.45, 7) is 0. The van der Waals surface area contributed by atoms with Crippen molar-refractivity contribution in [3.63, 3.8) is 0 Å². The van der Waals surface area contributed by atoms with Crippen molar-refractivity contribution in [3.05, 3.63) is 72.9 Å². The van der Waals surface area contributed by atoms with E-state index in [0.717, 1.165) is 5.65 Å². The first-order valence-corrected chi connectivity index (χ1v) is 7.09. The van der Waals surface area contributed by atoms with Crippen LogP contribution in [0.2, 0.25) is 0 Å². The van der Waals surface area contributed by atoms with E-state index in [4.69, 9.17) is 0 Å². The highest BCUT2D eigenvalue weighted by Gasteiger charge is 2.11. The normalized spacial score (nSPS) is 11.8. The van der Waals surface area contributed by atoms with Crippen LogP contribution in [0, 0.1) is 0 Å². The molecule has 0 unspecified atom stereocenters. The lowest BCUT2D eigenvalue weighted by atomic mass is 10.1. The molecule has 0 saturated carbocycles. The second-order valence-corrected chi connectivity index (χ2v) is 5.34. The number of para-hydroxylation sites is 1. The van der Waals surface area contributed by atoms with Gasteiger partial charge in [0.1, 0.15) is 5.65 Å². The molecule has 5 aromatic rings. The number of fused-ring (bicyclic) bond motifs is 8. The highest BCUT2D eigenvalue weighted by molar-refractivity contribution is 6.15. The van der Waals surface area contributed by atoms with Crippen LogP contribution in [0.4, 0.5) is 0 Å². The van der Waals surface area contributed by atoms with Gasteiger partial charge >= 0.3 is 0 Å². The van der Waals surface area contributed by atoms with Crippen LogP contribution in [-0.4, -0.2) is 9.38 Å². The first-order valence-electron chi connectivity index (χ1n) is 7.09. The maximum Gasteiger partial charge on any atom is 0.144 e. The van der Waals surface area contributed by atoms with Crippen LogP contribution in [0.1, 0.15) is 0 Å². The largest absolute Gasteiger partial charge is 0.293 e. The fourth-order valence-electron chi connectivity index (χ4n) is 3.31. The molecule has 0 aliphatic carbocycles. The summed E-state index contributed by atoms with van der Waals surface area (Å²) >= 11 is 0. The third-order valence-electron chi connectivity index (χ3n) is 4.20. The molecule has 2 heteroatoms. The van der Waals surface area contributed by atoms with Crippen molar-refractivity contribution in [1.29, 1.82) is 0 Å². The molecular formula is C19H12N2. The van der Waals surface area contributed by atoms with Crippen LogP contribution in [0.25, 0.3) is 38.2 Å². The summed E-state index contributed by atoms with van der Waals surface area (Å²) in [5.74, 6) is 0. The first-order chi connectivity index (χ1) is 10.4. The van der Waals surface area contributed by atoms with Gasteiger partial charge in [0, 0.05) is 22.4 Å². The number of aromatic nitrogens is 2. The average Bonchev–Trinajstić information content (AvgIpc) is 2.95. The van der Waals surface area contributed by atoms with Crippen molar-refractivity contribution >= 4 is 38.2 Å². The van der Waals surface area contributed by atoms with E-state index in [1.807, 2.05) is 12.3 Å². The van der Waals surface area contributed by atoms with Gasteiger partial charge in [-0.05, 0) is 29.7 Å². The Bertz CT molecular complexity index is 1140. The van der Waals surface area contributed by atoms with E-state index in [1.54, 1.807) is 0 Å². The molecule has 0 fully saturated rings. The molecule has 3 heterocycles. The summed E-state index contributed by atoms with van der Waals surface area (Å²) in [5.41, 5.74) is 3.45. The summed E-state index contributed by atoms with van der Waals surface area (Å²) in [6, 6.07) is 23.5. The molecular weight excluding hydrogens is 256 g/mol. The summed E-state index contributed by atoms with van der Waals surface area (Å²) in [7, 11) is 0. The van der Waals surface area contributed by atoms with Gasteiger partial charge in [-0.25, -0.2) is 4.98 Å². The molecule has 3 aromatic heterocycles. The standard InChI is InChI=1S/C19H12N2/c1-2-9-16-14(7-1)15-8-3-4-10-17(15)21-18(16)12-13-6-5-11-20-19(13)21/h1-12H. The number of pyridine rings is 2. The van der Waals surface area contributed by atoms with E-state index in [0.29, 0.717) is 0 Å². The summed E-state index contributed by atoms with van der Waals surface area (Å²) < 4.78 is 2.27. The van der Waals surface area contributed by atoms with Crippen molar-refractivity contribution in [3.8, 4) is 0 Å². The average molecular weight is 268 g/mol. The fourth-order valence-corrected chi connectivity index (χ4v) is 3.31. The van der Waals surface area contributed by atoms with Crippen molar-refractivity contribution in [1.82, 2.24) is 9.38 Å². The van der Waals surface area contributed by atoms with E-state index >= 15 is 0 Å². The highest BCUT2D eigenvalue weighted by atomic mass is 15.0. The lowest BCUT2D eigenvalue weighted by molar-refractivity contribution is 1.26. The van der Waals surface area contributed by atoms with Crippen molar-refractivity contribution < 1.29 is 0 Å². The molecule has 0 aliphatic rings. The maximum atomic E-state index is 4.59. The molecule has 2 aromatic carbocycles. The Kier molecular flexibility index (Phi) is 1.98. The number of rotatable bonds is 0. The molecule has 21 heavy (non-hydrogen) atoms. The fraction of sp³-hybridized carbons (Fsp3) is 0.